The Hall–Kier alpha value is -2.28. The number of hydrogen-bond acceptors (Lipinski definition) is 5. The van der Waals surface area contributed by atoms with Gasteiger partial charge in [0.1, 0.15) is 6.04 Å². The van der Waals surface area contributed by atoms with Crippen molar-refractivity contribution in [2.75, 3.05) is 27.3 Å². The van der Waals surface area contributed by atoms with Crippen LogP contribution in [0.1, 0.15) is 5.56 Å². The first-order valence-electron chi connectivity index (χ1n) is 6.62. The average Bonchev–Trinajstić information content (AvgIpc) is 2.52. The molecule has 0 aromatic heterocycles. The van der Waals surface area contributed by atoms with Gasteiger partial charge in [0.2, 0.25) is 11.8 Å². The van der Waals surface area contributed by atoms with E-state index < -0.39 is 6.04 Å². The summed E-state index contributed by atoms with van der Waals surface area (Å²) in [5, 5.41) is 8.35. The summed E-state index contributed by atoms with van der Waals surface area (Å²) in [5.74, 6) is 1.01. The van der Waals surface area contributed by atoms with Gasteiger partial charge in [-0.3, -0.25) is 14.9 Å². The zero-order chi connectivity index (χ0) is 15.2. The van der Waals surface area contributed by atoms with Gasteiger partial charge in [0.25, 0.3) is 0 Å². The standard InChI is InChI=1S/C14H19N3O4/c1-20-11-4-3-9(5-12(11)21-2)6-17-14(19)10-7-16-13(18)8-15-10/h3-5,10,15H,6-8H2,1-2H3,(H,16,18)(H,17,19). The molecule has 1 aliphatic rings. The first kappa shape index (κ1) is 15.1. The molecule has 0 spiro atoms. The monoisotopic (exact) mass is 293 g/mol. The molecule has 7 nitrogen and oxygen atoms in total. The molecule has 1 heterocycles. The van der Waals surface area contributed by atoms with Crippen molar-refractivity contribution in [2.45, 2.75) is 12.6 Å². The van der Waals surface area contributed by atoms with Gasteiger partial charge in [0, 0.05) is 13.1 Å². The van der Waals surface area contributed by atoms with Gasteiger partial charge in [-0.1, -0.05) is 6.07 Å². The fourth-order valence-electron chi connectivity index (χ4n) is 2.05. The molecule has 114 valence electrons. The summed E-state index contributed by atoms with van der Waals surface area (Å²) in [4.78, 5) is 23.0. The van der Waals surface area contributed by atoms with Gasteiger partial charge >= 0.3 is 0 Å². The number of rotatable bonds is 5. The highest BCUT2D eigenvalue weighted by molar-refractivity contribution is 5.86. The van der Waals surface area contributed by atoms with Gasteiger partial charge in [-0.05, 0) is 17.7 Å². The van der Waals surface area contributed by atoms with E-state index in [1.54, 1.807) is 20.3 Å². The van der Waals surface area contributed by atoms with E-state index in [2.05, 4.69) is 16.0 Å². The topological polar surface area (TPSA) is 88.7 Å². The maximum Gasteiger partial charge on any atom is 0.239 e. The summed E-state index contributed by atoms with van der Waals surface area (Å²) in [6, 6.07) is 5.06. The molecular weight excluding hydrogens is 274 g/mol. The molecule has 2 amide bonds. The molecule has 2 rings (SSSR count). The van der Waals surface area contributed by atoms with E-state index in [1.807, 2.05) is 12.1 Å². The summed E-state index contributed by atoms with van der Waals surface area (Å²) in [7, 11) is 3.14. The average molecular weight is 293 g/mol. The molecule has 0 bridgehead atoms. The lowest BCUT2D eigenvalue weighted by atomic mass is 10.1. The summed E-state index contributed by atoms with van der Waals surface area (Å²) >= 11 is 0. The van der Waals surface area contributed by atoms with Gasteiger partial charge in [-0.15, -0.1) is 0 Å². The smallest absolute Gasteiger partial charge is 0.239 e. The fraction of sp³-hybridized carbons (Fsp3) is 0.429. The number of amides is 2. The number of methoxy groups -OCH3 is 2. The van der Waals surface area contributed by atoms with E-state index in [0.29, 0.717) is 24.6 Å². The van der Waals surface area contributed by atoms with Gasteiger partial charge in [0.15, 0.2) is 11.5 Å². The largest absolute Gasteiger partial charge is 0.493 e. The van der Waals surface area contributed by atoms with Crippen LogP contribution >= 0.6 is 0 Å². The van der Waals surface area contributed by atoms with Crippen LogP contribution in [-0.4, -0.2) is 45.2 Å². The molecule has 1 aliphatic heterocycles. The zero-order valence-corrected chi connectivity index (χ0v) is 12.1. The van der Waals surface area contributed by atoms with Gasteiger partial charge in [-0.25, -0.2) is 0 Å². The molecule has 1 saturated heterocycles. The molecule has 1 fully saturated rings. The molecule has 0 radical (unpaired) electrons. The molecule has 3 N–H and O–H groups in total. The lowest BCUT2D eigenvalue weighted by molar-refractivity contribution is -0.126. The highest BCUT2D eigenvalue weighted by Gasteiger charge is 2.23. The maximum absolute atomic E-state index is 12.0. The molecule has 0 saturated carbocycles. The third-order valence-corrected chi connectivity index (χ3v) is 3.24. The van der Waals surface area contributed by atoms with Crippen LogP contribution in [-0.2, 0) is 16.1 Å². The highest BCUT2D eigenvalue weighted by Crippen LogP contribution is 2.27. The third-order valence-electron chi connectivity index (χ3n) is 3.24. The number of hydrogen-bond donors (Lipinski definition) is 3. The minimum atomic E-state index is -0.400. The number of carbonyl (C=O) groups is 2. The van der Waals surface area contributed by atoms with Crippen molar-refractivity contribution < 1.29 is 19.1 Å². The second-order valence-electron chi connectivity index (χ2n) is 4.64. The van der Waals surface area contributed by atoms with Crippen molar-refractivity contribution in [1.82, 2.24) is 16.0 Å². The first-order valence-corrected chi connectivity index (χ1v) is 6.62. The fourth-order valence-corrected chi connectivity index (χ4v) is 2.05. The Kier molecular flexibility index (Phi) is 4.99. The second kappa shape index (κ2) is 6.94. The molecule has 1 atom stereocenters. The van der Waals surface area contributed by atoms with Crippen LogP contribution in [0.5, 0.6) is 11.5 Å². The summed E-state index contributed by atoms with van der Waals surface area (Å²) in [6.07, 6.45) is 0. The first-order chi connectivity index (χ1) is 10.1. The van der Waals surface area contributed by atoms with E-state index in [4.69, 9.17) is 9.47 Å². The number of carbonyl (C=O) groups excluding carboxylic acids is 2. The number of benzene rings is 1. The minimum Gasteiger partial charge on any atom is -0.493 e. The summed E-state index contributed by atoms with van der Waals surface area (Å²) in [5.41, 5.74) is 0.904. The van der Waals surface area contributed by atoms with Gasteiger partial charge in [0.05, 0.1) is 20.8 Å². The van der Waals surface area contributed by atoms with Crippen LogP contribution in [0.15, 0.2) is 18.2 Å². The molecule has 1 aromatic rings. The van der Waals surface area contributed by atoms with Gasteiger partial charge in [-0.2, -0.15) is 0 Å². The Bertz CT molecular complexity index is 523. The number of piperazine rings is 1. The van der Waals surface area contributed by atoms with E-state index >= 15 is 0 Å². The normalized spacial score (nSPS) is 17.8. The zero-order valence-electron chi connectivity index (χ0n) is 12.1. The van der Waals surface area contributed by atoms with Crippen LogP contribution in [0.25, 0.3) is 0 Å². The Morgan fingerprint density at radius 2 is 2.10 bits per heavy atom. The maximum atomic E-state index is 12.0. The summed E-state index contributed by atoms with van der Waals surface area (Å²) < 4.78 is 10.4. The molecule has 7 heteroatoms. The van der Waals surface area contributed by atoms with Crippen LogP contribution in [0.4, 0.5) is 0 Å². The van der Waals surface area contributed by atoms with Crippen molar-refractivity contribution in [3.05, 3.63) is 23.8 Å². The van der Waals surface area contributed by atoms with Crippen molar-refractivity contribution in [3.8, 4) is 11.5 Å². The van der Waals surface area contributed by atoms with Crippen LogP contribution in [0.3, 0.4) is 0 Å². The number of nitrogens with one attached hydrogen (secondary N) is 3. The van der Waals surface area contributed by atoms with E-state index in [9.17, 15) is 9.59 Å². The Balaban J connectivity index is 1.90. The number of ether oxygens (including phenoxy) is 2. The minimum absolute atomic E-state index is 0.0982. The Morgan fingerprint density at radius 1 is 1.33 bits per heavy atom. The van der Waals surface area contributed by atoms with Crippen LogP contribution in [0.2, 0.25) is 0 Å². The summed E-state index contributed by atoms with van der Waals surface area (Å²) in [6.45, 7) is 0.844. The van der Waals surface area contributed by atoms with Gasteiger partial charge < -0.3 is 20.1 Å². The molecule has 0 aliphatic carbocycles. The molecule has 21 heavy (non-hydrogen) atoms. The van der Waals surface area contributed by atoms with Crippen molar-refractivity contribution in [1.29, 1.82) is 0 Å². The van der Waals surface area contributed by atoms with Crippen molar-refractivity contribution >= 4 is 11.8 Å². The van der Waals surface area contributed by atoms with Crippen LogP contribution < -0.4 is 25.4 Å². The van der Waals surface area contributed by atoms with Crippen molar-refractivity contribution in [3.63, 3.8) is 0 Å². The lowest BCUT2D eigenvalue weighted by Crippen LogP contribution is -2.57. The second-order valence-corrected chi connectivity index (χ2v) is 4.64. The lowest BCUT2D eigenvalue weighted by Gasteiger charge is -2.23. The molecule has 1 unspecified atom stereocenters. The van der Waals surface area contributed by atoms with Crippen molar-refractivity contribution in [2.24, 2.45) is 0 Å². The van der Waals surface area contributed by atoms with Crippen LogP contribution in [0, 0.1) is 0 Å². The Labute approximate surface area is 123 Å². The molecule has 1 aromatic carbocycles. The predicted molar refractivity (Wildman–Crippen MR) is 76.2 cm³/mol. The quantitative estimate of drug-likeness (QED) is 0.675. The van der Waals surface area contributed by atoms with E-state index in [0.717, 1.165) is 5.56 Å². The van der Waals surface area contributed by atoms with E-state index in [-0.39, 0.29) is 18.4 Å². The molecular formula is C14H19N3O4. The highest BCUT2D eigenvalue weighted by atomic mass is 16.5. The SMILES string of the molecule is COc1ccc(CNC(=O)C2CNC(=O)CN2)cc1OC. The van der Waals surface area contributed by atoms with E-state index in [1.165, 1.54) is 0 Å². The predicted octanol–water partition coefficient (Wildman–Crippen LogP) is -0.592. The Morgan fingerprint density at radius 3 is 2.71 bits per heavy atom. The third kappa shape index (κ3) is 3.85.